The highest BCUT2D eigenvalue weighted by atomic mass is 16.7. The lowest BCUT2D eigenvalue weighted by Crippen LogP contribution is -2.53. The van der Waals surface area contributed by atoms with Crippen molar-refractivity contribution >= 4 is 64.2 Å². The van der Waals surface area contributed by atoms with E-state index in [4.69, 9.17) is 38.3 Å². The SMILES string of the molecule is COC(=O)[C@@H]1CC=CC(O)C1.COC(=O)[C@@H]1CC=CC(OC(=O)OC(C)(C)C)C1.COC(=O)[C@@H]1CC=C[C@@H](N2c3ccccc3Oc3ccccc32)C1.COC(=O)[C@@H]1C[C@H](O)[C@H](O)[C@@H](N2c3ccccc3Oc3ccccc32)C1.c1ccc2c(c1)Nc1ccccc1O2. The molecule has 1 fully saturated rings. The van der Waals surface area contributed by atoms with E-state index in [1.54, 1.807) is 32.9 Å². The van der Waals surface area contributed by atoms with Crippen molar-refractivity contribution in [3.8, 4) is 34.5 Å². The first-order valence-corrected chi connectivity index (χ1v) is 31.0. The Morgan fingerprint density at radius 2 is 0.839 bits per heavy atom. The van der Waals surface area contributed by atoms with Gasteiger partial charge in [0.05, 0.1) is 111 Å². The van der Waals surface area contributed by atoms with Crippen molar-refractivity contribution in [3.63, 3.8) is 0 Å². The Morgan fingerprint density at radius 3 is 1.30 bits per heavy atom. The first-order valence-electron chi connectivity index (χ1n) is 31.0. The molecule has 93 heavy (non-hydrogen) atoms. The van der Waals surface area contributed by atoms with Crippen LogP contribution in [0, 0.1) is 23.7 Å². The summed E-state index contributed by atoms with van der Waals surface area (Å²) in [7, 11) is 5.51. The number of hydrogen-bond acceptors (Lipinski definition) is 20. The lowest BCUT2D eigenvalue weighted by Gasteiger charge is -2.45. The Labute approximate surface area is 541 Å². The topological polar surface area (TPSA) is 248 Å². The Balaban J connectivity index is 0.000000141. The average molecular weight is 1270 g/mol. The zero-order valence-corrected chi connectivity index (χ0v) is 53.2. The minimum absolute atomic E-state index is 0.0917. The molecule has 0 amide bonds. The fourth-order valence-electron chi connectivity index (χ4n) is 11.9. The van der Waals surface area contributed by atoms with E-state index in [0.29, 0.717) is 43.6 Å². The number of ether oxygens (including phenoxy) is 9. The minimum Gasteiger partial charge on any atom is -0.469 e. The first kappa shape index (κ1) is 67.8. The van der Waals surface area contributed by atoms with Crippen molar-refractivity contribution in [2.75, 3.05) is 43.6 Å². The number of rotatable bonds is 7. The number of anilines is 6. The molecular formula is C73H81N3O17. The molecule has 20 heteroatoms. The number of nitrogens with one attached hydrogen (secondary N) is 1. The van der Waals surface area contributed by atoms with Gasteiger partial charge >= 0.3 is 30.0 Å². The molecule has 3 heterocycles. The van der Waals surface area contributed by atoms with E-state index in [1.807, 2.05) is 151 Å². The smallest absolute Gasteiger partial charge is 0.469 e. The molecule has 6 aromatic rings. The fourth-order valence-corrected chi connectivity index (χ4v) is 11.9. The van der Waals surface area contributed by atoms with Gasteiger partial charge < -0.3 is 73.1 Å². The van der Waals surface area contributed by atoms with Crippen LogP contribution in [0.3, 0.4) is 0 Å². The van der Waals surface area contributed by atoms with Gasteiger partial charge in [-0.1, -0.05) is 103 Å². The normalized spacial score (nSPS) is 23.0. The van der Waals surface area contributed by atoms with Gasteiger partial charge in [0, 0.05) is 6.42 Å². The van der Waals surface area contributed by atoms with E-state index in [0.717, 1.165) is 70.0 Å². The molecule has 20 nitrogen and oxygen atoms in total. The molecule has 7 aliphatic rings. The number of carbonyl (C=O) groups excluding carboxylic acids is 5. The van der Waals surface area contributed by atoms with Gasteiger partial charge in [-0.2, -0.15) is 0 Å². The molecule has 0 bridgehead atoms. The molecule has 6 aromatic carbocycles. The quantitative estimate of drug-likeness (QED) is 0.0658. The molecule has 0 aromatic heterocycles. The number of benzene rings is 6. The number of carbonyl (C=O) groups is 5. The lowest BCUT2D eigenvalue weighted by atomic mass is 9.80. The lowest BCUT2D eigenvalue weighted by molar-refractivity contribution is -0.150. The van der Waals surface area contributed by atoms with Gasteiger partial charge in [-0.05, 0) is 145 Å². The molecule has 10 atom stereocenters. The van der Waals surface area contributed by atoms with Crippen molar-refractivity contribution in [3.05, 3.63) is 182 Å². The van der Waals surface area contributed by atoms with E-state index in [2.05, 4.69) is 44.0 Å². The third-order valence-corrected chi connectivity index (χ3v) is 16.4. The number of aliphatic hydroxyl groups excluding tert-OH is 3. The highest BCUT2D eigenvalue weighted by Gasteiger charge is 2.45. The molecule has 1 saturated carbocycles. The first-order chi connectivity index (χ1) is 44.9. The summed E-state index contributed by atoms with van der Waals surface area (Å²) < 4.78 is 47.0. The van der Waals surface area contributed by atoms with E-state index >= 15 is 0 Å². The molecule has 3 aliphatic heterocycles. The van der Waals surface area contributed by atoms with Crippen LogP contribution in [0.2, 0.25) is 0 Å². The zero-order valence-electron chi connectivity index (χ0n) is 53.2. The third kappa shape index (κ3) is 17.3. The van der Waals surface area contributed by atoms with E-state index in [1.165, 1.54) is 28.4 Å². The summed E-state index contributed by atoms with van der Waals surface area (Å²) >= 11 is 0. The molecule has 4 aliphatic carbocycles. The van der Waals surface area contributed by atoms with Crippen LogP contribution in [-0.2, 0) is 47.6 Å². The molecule has 0 radical (unpaired) electrons. The second-order valence-electron chi connectivity index (χ2n) is 24.0. The number of hydrogen-bond donors (Lipinski definition) is 4. The number of methoxy groups -OCH3 is 4. The standard InChI is InChI=1S/C20H21NO5.C20H19NO3.C13H20O5.C12H9NO.C8H12O3/c1-25-20(24)12-10-15(19(23)16(22)11-12)21-13-6-2-4-8-17(13)26-18-9-5-3-7-14(18)21;1-23-20(22)14-7-6-8-15(13-14)21-16-9-2-4-11-18(16)24-19-12-5-3-10-17(19)21;1-13(2,3)18-12(15)17-10-7-5-6-9(8-10)11(14)16-4;1-3-7-11-9(5-1)13-10-6-2-4-8-12(10)14-11;1-11-8(10)6-3-2-4-7(9)5-6/h2-9,12,15-16,19,22-23H,10-11H2,1H3;2-6,8-12,14-15H,7,13H2,1H3;5,7,9-10H,6,8H2,1-4H3;1-8,13H;2,4,6-7,9H,3,5H2,1H3/t12-,15-,16-,19+;14-,15-;9-,10?;;6-,7?/m011.1/s1. The predicted molar refractivity (Wildman–Crippen MR) is 350 cm³/mol. The highest BCUT2D eigenvalue weighted by molar-refractivity contribution is 5.82. The van der Waals surface area contributed by atoms with Crippen LogP contribution >= 0.6 is 0 Å². The number of fused-ring (bicyclic) bond motifs is 6. The predicted octanol–water partition coefficient (Wildman–Crippen LogP) is 13.5. The summed E-state index contributed by atoms with van der Waals surface area (Å²) in [6.45, 7) is 5.30. The minimum atomic E-state index is -1.000. The highest BCUT2D eigenvalue weighted by Crippen LogP contribution is 2.51. The largest absolute Gasteiger partial charge is 0.509 e. The van der Waals surface area contributed by atoms with Gasteiger partial charge in [0.2, 0.25) is 0 Å². The van der Waals surface area contributed by atoms with E-state index in [9.17, 15) is 34.2 Å². The van der Waals surface area contributed by atoms with Gasteiger partial charge in [0.15, 0.2) is 34.5 Å². The molecular weight excluding hydrogens is 1190 g/mol. The summed E-state index contributed by atoms with van der Waals surface area (Å²) in [5.74, 6) is 2.79. The summed E-state index contributed by atoms with van der Waals surface area (Å²) in [5, 5.41) is 33.5. The number of esters is 4. The van der Waals surface area contributed by atoms with E-state index in [-0.39, 0.29) is 54.1 Å². The van der Waals surface area contributed by atoms with Gasteiger partial charge in [-0.15, -0.1) is 0 Å². The summed E-state index contributed by atoms with van der Waals surface area (Å²) in [5.41, 5.74) is 5.10. The van der Waals surface area contributed by atoms with Gasteiger partial charge in [-0.3, -0.25) is 19.2 Å². The molecule has 13 rings (SSSR count). The van der Waals surface area contributed by atoms with Crippen LogP contribution in [0.5, 0.6) is 34.5 Å². The Kier molecular flexibility index (Phi) is 23.0. The third-order valence-electron chi connectivity index (χ3n) is 16.4. The molecule has 0 spiro atoms. The van der Waals surface area contributed by atoms with Crippen LogP contribution in [-0.4, -0.2) is 116 Å². The summed E-state index contributed by atoms with van der Waals surface area (Å²) in [6.07, 6.45) is 12.0. The van der Waals surface area contributed by atoms with Crippen molar-refractivity contribution in [2.45, 2.75) is 114 Å². The van der Waals surface area contributed by atoms with Crippen molar-refractivity contribution in [2.24, 2.45) is 23.7 Å². The molecule has 2 unspecified atom stereocenters. The zero-order chi connectivity index (χ0) is 66.2. The fraction of sp³-hybridized carbons (Fsp3) is 0.356. The van der Waals surface area contributed by atoms with Crippen LogP contribution in [0.25, 0.3) is 0 Å². The summed E-state index contributed by atoms with van der Waals surface area (Å²) in [4.78, 5) is 62.1. The Morgan fingerprint density at radius 1 is 0.452 bits per heavy atom. The second kappa shape index (κ2) is 31.6. The number of para-hydroxylation sites is 12. The number of nitrogens with zero attached hydrogens (tertiary/aromatic N) is 2. The van der Waals surface area contributed by atoms with Gasteiger partial charge in [0.1, 0.15) is 17.8 Å². The number of aliphatic hydroxyl groups is 3. The van der Waals surface area contributed by atoms with Crippen molar-refractivity contribution in [1.82, 2.24) is 0 Å². The molecule has 4 N–H and O–H groups in total. The monoisotopic (exact) mass is 1270 g/mol. The van der Waals surface area contributed by atoms with Crippen LogP contribution in [0.15, 0.2) is 182 Å². The maximum atomic E-state index is 12.1. The van der Waals surface area contributed by atoms with E-state index < -0.39 is 48.1 Å². The second-order valence-corrected chi connectivity index (χ2v) is 24.0. The van der Waals surface area contributed by atoms with Crippen LogP contribution in [0.1, 0.15) is 72.1 Å². The molecule has 490 valence electrons. The summed E-state index contributed by atoms with van der Waals surface area (Å²) in [6, 6.07) is 46.6. The Bertz CT molecular complexity index is 3480. The van der Waals surface area contributed by atoms with Crippen LogP contribution in [0.4, 0.5) is 38.9 Å². The van der Waals surface area contributed by atoms with Crippen molar-refractivity contribution in [1.29, 1.82) is 0 Å². The average Bonchev–Trinajstić information content (AvgIpc) is 0.779. The van der Waals surface area contributed by atoms with Crippen LogP contribution < -0.4 is 29.3 Å². The van der Waals surface area contributed by atoms with Gasteiger partial charge in [-0.25, -0.2) is 4.79 Å². The van der Waals surface area contributed by atoms with Crippen molar-refractivity contribution < 1.29 is 81.9 Å². The number of allylic oxidation sites excluding steroid dienone is 3. The Hall–Kier alpha value is -9.63. The maximum absolute atomic E-state index is 12.1. The maximum Gasteiger partial charge on any atom is 0.509 e. The molecule has 0 saturated heterocycles. The van der Waals surface area contributed by atoms with Gasteiger partial charge in [0.25, 0.3) is 0 Å².